The lowest BCUT2D eigenvalue weighted by atomic mass is 9.90. The predicted octanol–water partition coefficient (Wildman–Crippen LogP) is -3.55. The van der Waals surface area contributed by atoms with Gasteiger partial charge in [0.15, 0.2) is 23.8 Å². The SMILES string of the molecule is O=C([C@@H]1CSC(c2ccc[nH+]c2)[NH2+]1)N1CCC(CCCc2ccccc2)CC1.[Cl-].[Cl-]. The Kier molecular flexibility index (Phi) is 10.5. The fraction of sp³-hybridized carbons (Fsp3) is 0.478. The highest BCUT2D eigenvalue weighted by molar-refractivity contribution is 7.99. The van der Waals surface area contributed by atoms with Crippen molar-refractivity contribution in [3.8, 4) is 0 Å². The first-order chi connectivity index (χ1) is 13.8. The number of thioether (sulfide) groups is 1. The quantitative estimate of drug-likeness (QED) is 0.478. The number of carbonyl (C=O) groups excluding carboxylic acids is 1. The van der Waals surface area contributed by atoms with Gasteiger partial charge in [-0.15, -0.1) is 0 Å². The normalized spacial score (nSPS) is 21.5. The van der Waals surface area contributed by atoms with Crippen LogP contribution in [0.4, 0.5) is 0 Å². The van der Waals surface area contributed by atoms with E-state index in [0.717, 1.165) is 37.6 Å². The second-order valence-electron chi connectivity index (χ2n) is 8.04. The van der Waals surface area contributed by atoms with Gasteiger partial charge in [-0.1, -0.05) is 42.1 Å². The van der Waals surface area contributed by atoms with E-state index < -0.39 is 0 Å². The maximum Gasteiger partial charge on any atom is 0.281 e. The highest BCUT2D eigenvalue weighted by Gasteiger charge is 2.38. The van der Waals surface area contributed by atoms with Crippen molar-refractivity contribution in [2.24, 2.45) is 5.92 Å². The summed E-state index contributed by atoms with van der Waals surface area (Å²) in [6, 6.07) is 15.0. The third-order valence-electron chi connectivity index (χ3n) is 6.09. The Morgan fingerprint density at radius 1 is 1.10 bits per heavy atom. The zero-order valence-electron chi connectivity index (χ0n) is 17.2. The van der Waals surface area contributed by atoms with Crippen LogP contribution < -0.4 is 35.1 Å². The van der Waals surface area contributed by atoms with Crippen molar-refractivity contribution in [3.05, 3.63) is 66.0 Å². The van der Waals surface area contributed by atoms with Gasteiger partial charge in [0.25, 0.3) is 5.91 Å². The number of aryl methyl sites for hydroxylation is 1. The van der Waals surface area contributed by atoms with Crippen molar-refractivity contribution >= 4 is 17.7 Å². The number of quaternary nitrogens is 1. The van der Waals surface area contributed by atoms with E-state index in [9.17, 15) is 4.79 Å². The van der Waals surface area contributed by atoms with Crippen LogP contribution >= 0.6 is 11.8 Å². The van der Waals surface area contributed by atoms with Gasteiger partial charge in [0, 0.05) is 19.2 Å². The molecule has 1 aromatic heterocycles. The van der Waals surface area contributed by atoms with Gasteiger partial charge in [-0.25, -0.2) is 4.98 Å². The van der Waals surface area contributed by atoms with Crippen LogP contribution in [0, 0.1) is 5.92 Å². The lowest BCUT2D eigenvalue weighted by Crippen LogP contribution is -3.00. The topological polar surface area (TPSA) is 51.1 Å². The molecule has 2 fully saturated rings. The summed E-state index contributed by atoms with van der Waals surface area (Å²) >= 11 is 1.88. The summed E-state index contributed by atoms with van der Waals surface area (Å²) < 4.78 is 0. The smallest absolute Gasteiger partial charge is 0.281 e. The number of carbonyl (C=O) groups is 1. The lowest BCUT2D eigenvalue weighted by Gasteiger charge is -2.32. The van der Waals surface area contributed by atoms with Gasteiger partial charge in [0.2, 0.25) is 0 Å². The Morgan fingerprint density at radius 2 is 1.87 bits per heavy atom. The minimum Gasteiger partial charge on any atom is -1.00 e. The number of likely N-dealkylation sites (tertiary alicyclic amines) is 1. The van der Waals surface area contributed by atoms with E-state index >= 15 is 0 Å². The maximum atomic E-state index is 13.0. The molecule has 3 N–H and O–H groups in total. The van der Waals surface area contributed by atoms with Gasteiger partial charge in [0.05, 0.1) is 11.3 Å². The third kappa shape index (κ3) is 6.61. The molecule has 1 aromatic carbocycles. The number of halogens is 2. The zero-order chi connectivity index (χ0) is 19.2. The molecule has 2 aliphatic rings. The summed E-state index contributed by atoms with van der Waals surface area (Å²) in [6.45, 7) is 1.88. The number of aromatic amines is 1. The summed E-state index contributed by atoms with van der Waals surface area (Å²) in [6.07, 6.45) is 10.0. The molecule has 0 bridgehead atoms. The standard InChI is InChI=1S/C23H29N3OS.2ClH/c27-23(21-17-28-22(25-21)20-10-5-13-24-16-20)26-14-11-19(12-15-26)9-4-8-18-6-2-1-3-7-18;;/h1-3,5-7,10,13,16,19,21-22,25H,4,8-9,11-12,14-15,17H2;2*1H/t21-,22?;;/m0../s1. The van der Waals surface area contributed by atoms with Crippen LogP contribution in [0.1, 0.15) is 42.2 Å². The number of hydrogen-bond acceptors (Lipinski definition) is 2. The average molecular weight is 468 g/mol. The van der Waals surface area contributed by atoms with Crippen molar-refractivity contribution < 1.29 is 39.9 Å². The molecule has 0 spiro atoms. The summed E-state index contributed by atoms with van der Waals surface area (Å²) in [5, 5.41) is 2.59. The van der Waals surface area contributed by atoms with Crippen molar-refractivity contribution in [1.82, 2.24) is 4.90 Å². The minimum atomic E-state index is 0. The number of benzene rings is 1. The van der Waals surface area contributed by atoms with Gasteiger partial charge >= 0.3 is 0 Å². The molecule has 4 nitrogen and oxygen atoms in total. The second-order valence-corrected chi connectivity index (χ2v) is 9.21. The predicted molar refractivity (Wildman–Crippen MR) is 113 cm³/mol. The monoisotopic (exact) mass is 467 g/mol. The molecule has 1 unspecified atom stereocenters. The number of piperidine rings is 1. The molecular formula is C23H31Cl2N3OS. The number of nitrogens with zero attached hydrogens (tertiary/aromatic N) is 1. The van der Waals surface area contributed by atoms with Gasteiger partial charge in [-0.05, 0) is 49.7 Å². The van der Waals surface area contributed by atoms with Gasteiger partial charge in [-0.2, -0.15) is 0 Å². The first kappa shape index (κ1) is 25.0. The molecule has 4 rings (SSSR count). The van der Waals surface area contributed by atoms with Crippen LogP contribution in [0.5, 0.6) is 0 Å². The molecule has 2 aromatic rings. The van der Waals surface area contributed by atoms with E-state index in [-0.39, 0.29) is 30.9 Å². The number of rotatable bonds is 6. The third-order valence-corrected chi connectivity index (χ3v) is 7.43. The van der Waals surface area contributed by atoms with Crippen LogP contribution in [0.25, 0.3) is 0 Å². The van der Waals surface area contributed by atoms with Crippen LogP contribution in [0.3, 0.4) is 0 Å². The number of amides is 1. The fourth-order valence-corrected chi connectivity index (χ4v) is 5.70. The van der Waals surface area contributed by atoms with Gasteiger partial charge < -0.3 is 35.0 Å². The Labute approximate surface area is 196 Å². The van der Waals surface area contributed by atoms with Crippen LogP contribution in [0.2, 0.25) is 0 Å². The summed E-state index contributed by atoms with van der Waals surface area (Å²) in [5.74, 6) is 2.04. The van der Waals surface area contributed by atoms with E-state index in [0.29, 0.717) is 11.3 Å². The molecule has 3 heterocycles. The number of aromatic nitrogens is 1. The molecule has 0 radical (unpaired) electrons. The molecule has 164 valence electrons. The summed E-state index contributed by atoms with van der Waals surface area (Å²) in [4.78, 5) is 18.2. The average Bonchev–Trinajstić information content (AvgIpc) is 3.25. The van der Waals surface area contributed by atoms with Crippen molar-refractivity contribution in [1.29, 1.82) is 0 Å². The van der Waals surface area contributed by atoms with Gasteiger partial charge in [0.1, 0.15) is 0 Å². The molecule has 1 amide bonds. The zero-order valence-corrected chi connectivity index (χ0v) is 19.5. The first-order valence-electron chi connectivity index (χ1n) is 10.5. The van der Waals surface area contributed by atoms with E-state index in [2.05, 4.69) is 51.6 Å². The highest BCUT2D eigenvalue weighted by Crippen LogP contribution is 2.28. The summed E-state index contributed by atoms with van der Waals surface area (Å²) in [7, 11) is 0. The fourth-order valence-electron chi connectivity index (χ4n) is 4.39. The molecule has 0 aliphatic carbocycles. The lowest BCUT2D eigenvalue weighted by molar-refractivity contribution is -0.685. The van der Waals surface area contributed by atoms with E-state index in [4.69, 9.17) is 0 Å². The minimum absolute atomic E-state index is 0. The Balaban J connectivity index is 0.00000160. The van der Waals surface area contributed by atoms with E-state index in [1.807, 2.05) is 30.2 Å². The number of H-pyrrole nitrogens is 1. The number of nitrogens with two attached hydrogens (primary N) is 1. The molecule has 2 aliphatic heterocycles. The van der Waals surface area contributed by atoms with Crippen molar-refractivity contribution in [2.45, 2.75) is 43.5 Å². The van der Waals surface area contributed by atoms with Crippen molar-refractivity contribution in [2.75, 3.05) is 18.8 Å². The summed E-state index contributed by atoms with van der Waals surface area (Å²) in [5.41, 5.74) is 2.70. The number of nitrogens with one attached hydrogen (secondary N) is 1. The molecule has 30 heavy (non-hydrogen) atoms. The molecule has 2 saturated heterocycles. The Bertz CT molecular complexity index is 758. The maximum absolute atomic E-state index is 13.0. The van der Waals surface area contributed by atoms with Crippen molar-refractivity contribution in [3.63, 3.8) is 0 Å². The van der Waals surface area contributed by atoms with Crippen LogP contribution in [0.15, 0.2) is 54.9 Å². The first-order valence-corrected chi connectivity index (χ1v) is 11.6. The largest absolute Gasteiger partial charge is 1.00 e. The Morgan fingerprint density at radius 3 is 2.57 bits per heavy atom. The number of pyridine rings is 1. The molecule has 2 atom stereocenters. The van der Waals surface area contributed by atoms with Gasteiger partial charge in [-0.3, -0.25) is 4.79 Å². The highest BCUT2D eigenvalue weighted by atomic mass is 35.5. The molecular weight excluding hydrogens is 437 g/mol. The molecule has 7 heteroatoms. The van der Waals surface area contributed by atoms with E-state index in [1.54, 1.807) is 0 Å². The second kappa shape index (κ2) is 12.6. The molecule has 0 saturated carbocycles. The Hall–Kier alpha value is -1.27. The van der Waals surface area contributed by atoms with E-state index in [1.165, 1.54) is 30.4 Å². The van der Waals surface area contributed by atoms with Crippen LogP contribution in [-0.2, 0) is 11.2 Å². The van der Waals surface area contributed by atoms with Crippen LogP contribution in [-0.4, -0.2) is 35.7 Å². The number of hydrogen-bond donors (Lipinski definition) is 1.